The van der Waals surface area contributed by atoms with E-state index in [0.717, 1.165) is 19.5 Å². The number of anilines is 2. The average molecular weight is 303 g/mol. The molecule has 1 aromatic carbocycles. The third-order valence-corrected chi connectivity index (χ3v) is 4.15. The quantitative estimate of drug-likeness (QED) is 0.908. The van der Waals surface area contributed by atoms with Crippen molar-refractivity contribution >= 4 is 28.2 Å². The highest BCUT2D eigenvalue weighted by atomic mass is 32.1. The average Bonchev–Trinajstić information content (AvgIpc) is 3.17. The molecule has 0 radical (unpaired) electrons. The van der Waals surface area contributed by atoms with E-state index in [1.165, 1.54) is 17.0 Å². The number of benzene rings is 1. The van der Waals surface area contributed by atoms with Crippen molar-refractivity contribution in [2.45, 2.75) is 6.42 Å². The molecule has 2 amide bonds. The molecule has 1 atom stereocenters. The second-order valence-electron chi connectivity index (χ2n) is 5.02. The van der Waals surface area contributed by atoms with Crippen LogP contribution < -0.4 is 15.5 Å². The number of urea groups is 1. The Balaban J connectivity index is 1.44. The molecule has 2 heterocycles. The fraction of sp³-hybridized carbons (Fsp3) is 0.357. The Labute approximate surface area is 127 Å². The Morgan fingerprint density at radius 1 is 1.38 bits per heavy atom. The topological polar surface area (TPSA) is 70.2 Å². The number of amides is 2. The first-order valence-electron chi connectivity index (χ1n) is 6.92. The lowest BCUT2D eigenvalue weighted by Crippen LogP contribution is -2.34. The molecule has 110 valence electrons. The van der Waals surface area contributed by atoms with E-state index in [-0.39, 0.29) is 6.03 Å². The summed E-state index contributed by atoms with van der Waals surface area (Å²) in [7, 11) is 0. The van der Waals surface area contributed by atoms with Gasteiger partial charge < -0.3 is 10.2 Å². The van der Waals surface area contributed by atoms with Crippen LogP contribution in [0.15, 0.2) is 35.8 Å². The molecule has 21 heavy (non-hydrogen) atoms. The van der Waals surface area contributed by atoms with Gasteiger partial charge in [-0.15, -0.1) is 10.2 Å². The van der Waals surface area contributed by atoms with Gasteiger partial charge in [0.2, 0.25) is 5.13 Å². The first kappa shape index (κ1) is 13.8. The molecule has 1 aromatic heterocycles. The summed E-state index contributed by atoms with van der Waals surface area (Å²) in [6, 6.07) is 10.2. The molecule has 1 aliphatic heterocycles. The Kier molecular flexibility index (Phi) is 4.30. The lowest BCUT2D eigenvalue weighted by atomic mass is 10.1. The number of carbonyl (C=O) groups excluding carboxylic acids is 1. The second-order valence-corrected chi connectivity index (χ2v) is 5.85. The van der Waals surface area contributed by atoms with E-state index in [1.54, 1.807) is 5.51 Å². The molecule has 1 fully saturated rings. The number of para-hydroxylation sites is 1. The number of nitrogens with one attached hydrogen (secondary N) is 2. The van der Waals surface area contributed by atoms with Crippen LogP contribution in [0.4, 0.5) is 15.6 Å². The predicted octanol–water partition coefficient (Wildman–Crippen LogP) is 2.19. The van der Waals surface area contributed by atoms with Crippen LogP contribution in [0.25, 0.3) is 0 Å². The zero-order valence-corrected chi connectivity index (χ0v) is 12.3. The third kappa shape index (κ3) is 3.69. The van der Waals surface area contributed by atoms with Crippen molar-refractivity contribution in [2.24, 2.45) is 5.92 Å². The van der Waals surface area contributed by atoms with E-state index >= 15 is 0 Å². The molecule has 2 aromatic rings. The van der Waals surface area contributed by atoms with Crippen molar-refractivity contribution in [3.05, 3.63) is 35.8 Å². The second kappa shape index (κ2) is 6.53. The number of rotatable bonds is 4. The smallest absolute Gasteiger partial charge is 0.321 e. The van der Waals surface area contributed by atoms with Gasteiger partial charge in [0, 0.05) is 25.3 Å². The molecule has 3 rings (SSSR count). The van der Waals surface area contributed by atoms with E-state index in [4.69, 9.17) is 0 Å². The van der Waals surface area contributed by atoms with Crippen LogP contribution in [-0.4, -0.2) is 35.9 Å². The summed E-state index contributed by atoms with van der Waals surface area (Å²) in [6.45, 7) is 2.69. The largest absolute Gasteiger partial charge is 0.371 e. The number of aromatic nitrogens is 2. The van der Waals surface area contributed by atoms with Gasteiger partial charge in [0.15, 0.2) is 0 Å². The number of hydrogen-bond donors (Lipinski definition) is 2. The SMILES string of the molecule is O=C(NC[C@@H]1CCN(c2ccccc2)C1)Nc1nncs1. The zero-order chi connectivity index (χ0) is 14.5. The van der Waals surface area contributed by atoms with E-state index in [9.17, 15) is 4.79 Å². The van der Waals surface area contributed by atoms with Crippen LogP contribution in [0.5, 0.6) is 0 Å². The Morgan fingerprint density at radius 2 is 2.24 bits per heavy atom. The van der Waals surface area contributed by atoms with Gasteiger partial charge in [-0.1, -0.05) is 29.5 Å². The fourth-order valence-electron chi connectivity index (χ4n) is 2.48. The van der Waals surface area contributed by atoms with Crippen molar-refractivity contribution in [1.29, 1.82) is 0 Å². The van der Waals surface area contributed by atoms with Crippen LogP contribution in [0.2, 0.25) is 0 Å². The van der Waals surface area contributed by atoms with Crippen molar-refractivity contribution in [1.82, 2.24) is 15.5 Å². The number of hydrogen-bond acceptors (Lipinski definition) is 5. The van der Waals surface area contributed by atoms with E-state index in [1.807, 2.05) is 6.07 Å². The van der Waals surface area contributed by atoms with Gasteiger partial charge in [0.05, 0.1) is 0 Å². The number of carbonyl (C=O) groups is 1. The summed E-state index contributed by atoms with van der Waals surface area (Å²) >= 11 is 1.30. The molecule has 2 N–H and O–H groups in total. The van der Waals surface area contributed by atoms with Gasteiger partial charge >= 0.3 is 6.03 Å². The first-order chi connectivity index (χ1) is 10.3. The summed E-state index contributed by atoms with van der Waals surface area (Å²) < 4.78 is 0. The Hall–Kier alpha value is -2.15. The minimum Gasteiger partial charge on any atom is -0.371 e. The van der Waals surface area contributed by atoms with E-state index in [2.05, 4.69) is 50.0 Å². The van der Waals surface area contributed by atoms with Crippen LogP contribution in [0, 0.1) is 5.92 Å². The van der Waals surface area contributed by atoms with Gasteiger partial charge in [-0.25, -0.2) is 4.79 Å². The molecule has 0 spiro atoms. The van der Waals surface area contributed by atoms with Gasteiger partial charge in [-0.3, -0.25) is 5.32 Å². The maximum atomic E-state index is 11.7. The third-order valence-electron chi connectivity index (χ3n) is 3.54. The molecule has 1 aliphatic rings. The van der Waals surface area contributed by atoms with Crippen LogP contribution in [0.1, 0.15) is 6.42 Å². The Morgan fingerprint density at radius 3 is 3.00 bits per heavy atom. The van der Waals surface area contributed by atoms with Crippen molar-refractivity contribution in [2.75, 3.05) is 29.9 Å². The van der Waals surface area contributed by atoms with Gasteiger partial charge in [-0.05, 0) is 24.5 Å². The zero-order valence-electron chi connectivity index (χ0n) is 11.5. The monoisotopic (exact) mass is 303 g/mol. The van der Waals surface area contributed by atoms with Gasteiger partial charge in [-0.2, -0.15) is 0 Å². The van der Waals surface area contributed by atoms with Crippen LogP contribution >= 0.6 is 11.3 Å². The van der Waals surface area contributed by atoms with Crippen LogP contribution in [-0.2, 0) is 0 Å². The summed E-state index contributed by atoms with van der Waals surface area (Å²) in [5.74, 6) is 0.477. The highest BCUT2D eigenvalue weighted by Crippen LogP contribution is 2.22. The summed E-state index contributed by atoms with van der Waals surface area (Å²) in [5, 5.41) is 13.5. The standard InChI is InChI=1S/C14H17N5OS/c20-13(17-14-18-16-10-21-14)15-8-11-6-7-19(9-11)12-4-2-1-3-5-12/h1-5,10-11H,6-9H2,(H2,15,17,18,20)/t11-/m0/s1. The molecular weight excluding hydrogens is 286 g/mol. The molecule has 0 unspecified atom stereocenters. The lowest BCUT2D eigenvalue weighted by Gasteiger charge is -2.18. The van der Waals surface area contributed by atoms with Gasteiger partial charge in [0.1, 0.15) is 5.51 Å². The molecule has 0 saturated carbocycles. The molecule has 0 aliphatic carbocycles. The maximum Gasteiger partial charge on any atom is 0.321 e. The molecular formula is C14H17N5OS. The molecule has 7 heteroatoms. The summed E-state index contributed by atoms with van der Waals surface area (Å²) in [6.07, 6.45) is 1.09. The minimum absolute atomic E-state index is 0.218. The normalized spacial score (nSPS) is 17.7. The molecule has 0 bridgehead atoms. The molecule has 6 nitrogen and oxygen atoms in total. The highest BCUT2D eigenvalue weighted by Gasteiger charge is 2.22. The van der Waals surface area contributed by atoms with Crippen molar-refractivity contribution < 1.29 is 4.79 Å². The first-order valence-corrected chi connectivity index (χ1v) is 7.80. The lowest BCUT2D eigenvalue weighted by molar-refractivity contribution is 0.250. The molecule has 1 saturated heterocycles. The summed E-state index contributed by atoms with van der Waals surface area (Å²) in [4.78, 5) is 14.1. The fourth-order valence-corrected chi connectivity index (χ4v) is 2.92. The Bertz CT molecular complexity index is 574. The van der Waals surface area contributed by atoms with Crippen molar-refractivity contribution in [3.8, 4) is 0 Å². The predicted molar refractivity (Wildman–Crippen MR) is 83.7 cm³/mol. The van der Waals surface area contributed by atoms with E-state index in [0.29, 0.717) is 17.6 Å². The highest BCUT2D eigenvalue weighted by molar-refractivity contribution is 7.13. The minimum atomic E-state index is -0.218. The van der Waals surface area contributed by atoms with Gasteiger partial charge in [0.25, 0.3) is 0 Å². The summed E-state index contributed by atoms with van der Waals surface area (Å²) in [5.41, 5.74) is 2.84. The maximum absolute atomic E-state index is 11.7. The van der Waals surface area contributed by atoms with E-state index < -0.39 is 0 Å². The number of nitrogens with zero attached hydrogens (tertiary/aromatic N) is 3. The van der Waals surface area contributed by atoms with Crippen LogP contribution in [0.3, 0.4) is 0 Å². The van der Waals surface area contributed by atoms with Crippen molar-refractivity contribution in [3.63, 3.8) is 0 Å².